The zero-order valence-electron chi connectivity index (χ0n) is 11.8. The molecule has 0 bridgehead atoms. The summed E-state index contributed by atoms with van der Waals surface area (Å²) in [4.78, 5) is 2.43. The van der Waals surface area contributed by atoms with Crippen LogP contribution in [0.2, 0.25) is 0 Å². The first-order valence-electron chi connectivity index (χ1n) is 6.98. The molecule has 0 saturated carbocycles. The van der Waals surface area contributed by atoms with Gasteiger partial charge in [-0.15, -0.1) is 0 Å². The van der Waals surface area contributed by atoms with Gasteiger partial charge in [0.15, 0.2) is 0 Å². The first-order chi connectivity index (χ1) is 8.47. The van der Waals surface area contributed by atoms with Crippen LogP contribution in [0.15, 0.2) is 18.2 Å². The molecule has 1 aliphatic heterocycles. The fourth-order valence-electron chi connectivity index (χ4n) is 2.64. The predicted molar refractivity (Wildman–Crippen MR) is 74.2 cm³/mol. The zero-order valence-corrected chi connectivity index (χ0v) is 11.8. The molecule has 18 heavy (non-hydrogen) atoms. The third kappa shape index (κ3) is 3.32. The predicted octanol–water partition coefficient (Wildman–Crippen LogP) is 4.11. The lowest BCUT2D eigenvalue weighted by Crippen LogP contribution is -2.29. The van der Waals surface area contributed by atoms with E-state index in [4.69, 9.17) is 0 Å². The van der Waals surface area contributed by atoms with Gasteiger partial charge in [-0.3, -0.25) is 4.90 Å². The number of benzene rings is 1. The van der Waals surface area contributed by atoms with E-state index in [9.17, 15) is 4.39 Å². The van der Waals surface area contributed by atoms with E-state index in [-0.39, 0.29) is 11.2 Å². The van der Waals surface area contributed by atoms with Crippen molar-refractivity contribution in [2.24, 2.45) is 0 Å². The number of hydrogen-bond acceptors (Lipinski definition) is 1. The van der Waals surface area contributed by atoms with Gasteiger partial charge in [-0.25, -0.2) is 4.39 Å². The molecule has 2 rings (SSSR count). The highest BCUT2D eigenvalue weighted by molar-refractivity contribution is 5.29. The van der Waals surface area contributed by atoms with Crippen LogP contribution >= 0.6 is 0 Å². The normalized spacial score (nSPS) is 18.0. The minimum absolute atomic E-state index is 0.0583. The summed E-state index contributed by atoms with van der Waals surface area (Å²) < 4.78 is 14.1. The quantitative estimate of drug-likeness (QED) is 0.762. The fourth-order valence-corrected chi connectivity index (χ4v) is 2.64. The molecule has 0 radical (unpaired) electrons. The van der Waals surface area contributed by atoms with Crippen LogP contribution in [0.3, 0.4) is 0 Å². The summed E-state index contributed by atoms with van der Waals surface area (Å²) in [5.74, 6) is -0.0583. The highest BCUT2D eigenvalue weighted by Gasteiger charge is 2.19. The fraction of sp³-hybridized carbons (Fsp3) is 0.625. The minimum atomic E-state index is -0.117. The minimum Gasteiger partial charge on any atom is -0.299 e. The van der Waals surface area contributed by atoms with Gasteiger partial charge in [0, 0.05) is 6.54 Å². The van der Waals surface area contributed by atoms with Crippen LogP contribution in [0.25, 0.3) is 0 Å². The van der Waals surface area contributed by atoms with Crippen molar-refractivity contribution in [3.63, 3.8) is 0 Å². The van der Waals surface area contributed by atoms with Crippen molar-refractivity contribution in [1.29, 1.82) is 0 Å². The summed E-state index contributed by atoms with van der Waals surface area (Å²) >= 11 is 0. The topological polar surface area (TPSA) is 3.24 Å². The Bertz CT molecular complexity index is 400. The van der Waals surface area contributed by atoms with Crippen LogP contribution in [-0.2, 0) is 12.0 Å². The van der Waals surface area contributed by atoms with Crippen molar-refractivity contribution in [2.75, 3.05) is 13.1 Å². The third-order valence-corrected chi connectivity index (χ3v) is 3.70. The Morgan fingerprint density at radius 1 is 1.11 bits per heavy atom. The summed E-state index contributed by atoms with van der Waals surface area (Å²) in [6.07, 6.45) is 3.90. The van der Waals surface area contributed by atoms with Gasteiger partial charge in [-0.05, 0) is 48.5 Å². The van der Waals surface area contributed by atoms with Gasteiger partial charge in [-0.2, -0.15) is 0 Å². The van der Waals surface area contributed by atoms with Gasteiger partial charge in [0.1, 0.15) is 5.82 Å². The lowest BCUT2D eigenvalue weighted by molar-refractivity contribution is 0.220. The Morgan fingerprint density at radius 3 is 2.33 bits per heavy atom. The van der Waals surface area contributed by atoms with E-state index in [2.05, 4.69) is 31.7 Å². The van der Waals surface area contributed by atoms with Gasteiger partial charge in [0.05, 0.1) is 0 Å². The summed E-state index contributed by atoms with van der Waals surface area (Å²) in [7, 11) is 0. The Labute approximate surface area is 110 Å². The van der Waals surface area contributed by atoms with Gasteiger partial charge < -0.3 is 0 Å². The maximum absolute atomic E-state index is 14.1. The van der Waals surface area contributed by atoms with Crippen molar-refractivity contribution in [2.45, 2.75) is 52.0 Å². The molecule has 0 atom stereocenters. The molecule has 1 nitrogen and oxygen atoms in total. The number of nitrogens with zero attached hydrogens (tertiary/aromatic N) is 1. The highest BCUT2D eigenvalue weighted by atomic mass is 19.1. The number of likely N-dealkylation sites (tertiary alicyclic amines) is 1. The molecular weight excluding hydrogens is 225 g/mol. The molecule has 0 aromatic heterocycles. The Morgan fingerprint density at radius 2 is 1.78 bits per heavy atom. The molecule has 100 valence electrons. The van der Waals surface area contributed by atoms with Crippen molar-refractivity contribution in [3.8, 4) is 0 Å². The summed E-state index contributed by atoms with van der Waals surface area (Å²) in [5, 5.41) is 0. The lowest BCUT2D eigenvalue weighted by atomic mass is 9.86. The van der Waals surface area contributed by atoms with Crippen LogP contribution in [0.4, 0.5) is 4.39 Å². The van der Waals surface area contributed by atoms with Gasteiger partial charge in [0.25, 0.3) is 0 Å². The SMILES string of the molecule is CC(C)(C)c1ccc(CN2CCCCC2)cc1F. The molecule has 0 N–H and O–H groups in total. The Balaban J connectivity index is 2.08. The van der Waals surface area contributed by atoms with E-state index in [1.54, 1.807) is 6.07 Å². The van der Waals surface area contributed by atoms with E-state index in [0.29, 0.717) is 0 Å². The summed E-state index contributed by atoms with van der Waals surface area (Å²) in [6.45, 7) is 9.35. The molecule has 0 amide bonds. The van der Waals surface area contributed by atoms with E-state index in [1.807, 2.05) is 6.07 Å². The molecular formula is C16H24FN. The molecule has 2 heteroatoms. The molecule has 0 unspecified atom stereocenters. The second-order valence-corrected chi connectivity index (χ2v) is 6.40. The van der Waals surface area contributed by atoms with Crippen molar-refractivity contribution in [1.82, 2.24) is 4.90 Å². The number of halogens is 1. The molecule has 1 aromatic rings. The Kier molecular flexibility index (Phi) is 4.06. The maximum Gasteiger partial charge on any atom is 0.127 e. The van der Waals surface area contributed by atoms with Crippen LogP contribution < -0.4 is 0 Å². The summed E-state index contributed by atoms with van der Waals surface area (Å²) in [6, 6.07) is 5.75. The van der Waals surface area contributed by atoms with E-state index < -0.39 is 0 Å². The summed E-state index contributed by atoms with van der Waals surface area (Å²) in [5.41, 5.74) is 1.79. The van der Waals surface area contributed by atoms with Gasteiger partial charge in [0.2, 0.25) is 0 Å². The maximum atomic E-state index is 14.1. The monoisotopic (exact) mass is 249 g/mol. The third-order valence-electron chi connectivity index (χ3n) is 3.70. The highest BCUT2D eigenvalue weighted by Crippen LogP contribution is 2.26. The van der Waals surface area contributed by atoms with Crippen molar-refractivity contribution in [3.05, 3.63) is 35.1 Å². The Hall–Kier alpha value is -0.890. The zero-order chi connectivity index (χ0) is 13.2. The van der Waals surface area contributed by atoms with Crippen molar-refractivity contribution >= 4 is 0 Å². The number of piperidine rings is 1. The van der Waals surface area contributed by atoms with E-state index in [1.165, 1.54) is 19.3 Å². The number of rotatable bonds is 2. The van der Waals surface area contributed by atoms with Crippen LogP contribution in [-0.4, -0.2) is 18.0 Å². The standard InChI is InChI=1S/C16H24FN/c1-16(2,3)14-8-7-13(11-15(14)17)12-18-9-5-4-6-10-18/h7-8,11H,4-6,9-10,12H2,1-3H3. The molecule has 1 fully saturated rings. The molecule has 1 aromatic carbocycles. The van der Waals surface area contributed by atoms with Crippen molar-refractivity contribution < 1.29 is 4.39 Å². The van der Waals surface area contributed by atoms with E-state index in [0.717, 1.165) is 30.8 Å². The second-order valence-electron chi connectivity index (χ2n) is 6.40. The van der Waals surface area contributed by atoms with Crippen LogP contribution in [0.5, 0.6) is 0 Å². The first kappa shape index (κ1) is 13.5. The first-order valence-corrected chi connectivity index (χ1v) is 6.98. The van der Waals surface area contributed by atoms with Crippen LogP contribution in [0, 0.1) is 5.82 Å². The molecule has 1 aliphatic rings. The average Bonchev–Trinajstić information content (AvgIpc) is 2.28. The van der Waals surface area contributed by atoms with Crippen LogP contribution in [0.1, 0.15) is 51.2 Å². The molecule has 1 heterocycles. The van der Waals surface area contributed by atoms with Gasteiger partial charge in [-0.1, -0.05) is 39.3 Å². The molecule has 0 aliphatic carbocycles. The number of hydrogen-bond donors (Lipinski definition) is 0. The molecule has 0 spiro atoms. The largest absolute Gasteiger partial charge is 0.299 e. The average molecular weight is 249 g/mol. The van der Waals surface area contributed by atoms with Gasteiger partial charge >= 0.3 is 0 Å². The second kappa shape index (κ2) is 5.40. The lowest BCUT2D eigenvalue weighted by Gasteiger charge is -2.27. The smallest absolute Gasteiger partial charge is 0.127 e. The van der Waals surface area contributed by atoms with E-state index >= 15 is 0 Å². The molecule has 1 saturated heterocycles.